The SMILES string of the molecule is CCN(Cc1cccc(F)c1)C(=O)CSc1ncnc2ccccc12. The molecule has 0 saturated carbocycles. The van der Waals surface area contributed by atoms with Gasteiger partial charge in [-0.15, -0.1) is 0 Å². The van der Waals surface area contributed by atoms with Gasteiger partial charge in [-0.1, -0.05) is 42.1 Å². The van der Waals surface area contributed by atoms with Crippen LogP contribution in [0.15, 0.2) is 59.9 Å². The normalized spacial score (nSPS) is 10.8. The molecule has 1 heterocycles. The van der Waals surface area contributed by atoms with Crippen LogP contribution < -0.4 is 0 Å². The molecule has 0 N–H and O–H groups in total. The highest BCUT2D eigenvalue weighted by Crippen LogP contribution is 2.24. The van der Waals surface area contributed by atoms with Gasteiger partial charge in [0.1, 0.15) is 17.2 Å². The summed E-state index contributed by atoms with van der Waals surface area (Å²) in [5.41, 5.74) is 1.65. The molecule has 0 radical (unpaired) electrons. The summed E-state index contributed by atoms with van der Waals surface area (Å²) in [6.45, 7) is 2.89. The van der Waals surface area contributed by atoms with Gasteiger partial charge in [0.05, 0.1) is 11.3 Å². The van der Waals surface area contributed by atoms with Crippen LogP contribution in [0.4, 0.5) is 4.39 Å². The predicted molar refractivity (Wildman–Crippen MR) is 97.8 cm³/mol. The minimum absolute atomic E-state index is 0.000505. The van der Waals surface area contributed by atoms with E-state index in [2.05, 4.69) is 9.97 Å². The lowest BCUT2D eigenvalue weighted by molar-refractivity contribution is -0.128. The van der Waals surface area contributed by atoms with Gasteiger partial charge in [-0.3, -0.25) is 4.79 Å². The molecular formula is C19H18FN3OS. The Bertz CT molecular complexity index is 882. The number of hydrogen-bond donors (Lipinski definition) is 0. The van der Waals surface area contributed by atoms with Gasteiger partial charge in [0.15, 0.2) is 0 Å². The Labute approximate surface area is 150 Å². The molecule has 25 heavy (non-hydrogen) atoms. The average Bonchev–Trinajstić information content (AvgIpc) is 2.64. The molecule has 0 saturated heterocycles. The minimum atomic E-state index is -0.289. The number of para-hydroxylation sites is 1. The Morgan fingerprint density at radius 2 is 2.00 bits per heavy atom. The molecule has 1 aromatic heterocycles. The predicted octanol–water partition coefficient (Wildman–Crippen LogP) is 3.91. The van der Waals surface area contributed by atoms with Gasteiger partial charge in [0.25, 0.3) is 0 Å². The number of benzene rings is 2. The van der Waals surface area contributed by atoms with E-state index in [0.29, 0.717) is 13.1 Å². The van der Waals surface area contributed by atoms with Crippen molar-refractivity contribution < 1.29 is 9.18 Å². The van der Waals surface area contributed by atoms with Gasteiger partial charge in [-0.2, -0.15) is 0 Å². The number of fused-ring (bicyclic) bond motifs is 1. The minimum Gasteiger partial charge on any atom is -0.338 e. The maximum atomic E-state index is 13.3. The summed E-state index contributed by atoms with van der Waals surface area (Å²) >= 11 is 1.40. The van der Waals surface area contributed by atoms with Crippen LogP contribution in [0.1, 0.15) is 12.5 Å². The van der Waals surface area contributed by atoms with E-state index in [1.165, 1.54) is 30.2 Å². The first-order valence-corrected chi connectivity index (χ1v) is 9.00. The molecular weight excluding hydrogens is 337 g/mol. The van der Waals surface area contributed by atoms with Gasteiger partial charge in [0, 0.05) is 18.5 Å². The van der Waals surface area contributed by atoms with Crippen molar-refractivity contribution in [1.29, 1.82) is 0 Å². The number of carbonyl (C=O) groups excluding carboxylic acids is 1. The van der Waals surface area contributed by atoms with E-state index in [-0.39, 0.29) is 17.5 Å². The Morgan fingerprint density at radius 3 is 2.80 bits per heavy atom. The fraction of sp³-hybridized carbons (Fsp3) is 0.211. The smallest absolute Gasteiger partial charge is 0.233 e. The molecule has 2 aromatic carbocycles. The Kier molecular flexibility index (Phi) is 5.60. The second-order valence-corrected chi connectivity index (χ2v) is 6.49. The molecule has 0 bridgehead atoms. The van der Waals surface area contributed by atoms with Crippen LogP contribution in [-0.2, 0) is 11.3 Å². The quantitative estimate of drug-likeness (QED) is 0.497. The molecule has 3 aromatic rings. The maximum absolute atomic E-state index is 13.3. The van der Waals surface area contributed by atoms with Crippen molar-refractivity contribution in [3.05, 3.63) is 66.2 Å². The van der Waals surface area contributed by atoms with E-state index < -0.39 is 0 Å². The van der Waals surface area contributed by atoms with Crippen molar-refractivity contribution in [2.75, 3.05) is 12.3 Å². The molecule has 0 unspecified atom stereocenters. The van der Waals surface area contributed by atoms with E-state index in [1.54, 1.807) is 11.0 Å². The lowest BCUT2D eigenvalue weighted by Crippen LogP contribution is -2.31. The van der Waals surface area contributed by atoms with E-state index in [9.17, 15) is 9.18 Å². The Balaban J connectivity index is 1.68. The molecule has 0 aliphatic carbocycles. The summed E-state index contributed by atoms with van der Waals surface area (Å²) in [5, 5.41) is 1.73. The topological polar surface area (TPSA) is 46.1 Å². The van der Waals surface area contributed by atoms with Crippen molar-refractivity contribution in [2.24, 2.45) is 0 Å². The summed E-state index contributed by atoms with van der Waals surface area (Å²) in [4.78, 5) is 22.8. The summed E-state index contributed by atoms with van der Waals surface area (Å²) in [7, 11) is 0. The van der Waals surface area contributed by atoms with Crippen LogP contribution in [0, 0.1) is 5.82 Å². The van der Waals surface area contributed by atoms with Crippen LogP contribution in [-0.4, -0.2) is 33.1 Å². The molecule has 4 nitrogen and oxygen atoms in total. The molecule has 128 valence electrons. The second-order valence-electron chi connectivity index (χ2n) is 5.52. The molecule has 0 spiro atoms. The number of halogens is 1. The van der Waals surface area contributed by atoms with E-state index in [4.69, 9.17) is 0 Å². The first-order chi connectivity index (χ1) is 12.2. The van der Waals surface area contributed by atoms with E-state index in [0.717, 1.165) is 21.5 Å². The number of thioether (sulfide) groups is 1. The van der Waals surface area contributed by atoms with E-state index in [1.807, 2.05) is 37.3 Å². The molecule has 6 heteroatoms. The molecule has 0 fully saturated rings. The fourth-order valence-corrected chi connectivity index (χ4v) is 3.44. The molecule has 1 amide bonds. The zero-order valence-electron chi connectivity index (χ0n) is 13.9. The Morgan fingerprint density at radius 1 is 1.16 bits per heavy atom. The number of aromatic nitrogens is 2. The van der Waals surface area contributed by atoms with Gasteiger partial charge in [0.2, 0.25) is 5.91 Å². The number of carbonyl (C=O) groups is 1. The average molecular weight is 355 g/mol. The maximum Gasteiger partial charge on any atom is 0.233 e. The first-order valence-electron chi connectivity index (χ1n) is 8.02. The monoisotopic (exact) mass is 355 g/mol. The van der Waals surface area contributed by atoms with E-state index >= 15 is 0 Å². The number of hydrogen-bond acceptors (Lipinski definition) is 4. The highest BCUT2D eigenvalue weighted by Gasteiger charge is 2.14. The van der Waals surface area contributed by atoms with Gasteiger partial charge >= 0.3 is 0 Å². The van der Waals surface area contributed by atoms with Crippen LogP contribution >= 0.6 is 11.8 Å². The highest BCUT2D eigenvalue weighted by molar-refractivity contribution is 8.00. The third kappa shape index (κ3) is 4.33. The largest absolute Gasteiger partial charge is 0.338 e. The van der Waals surface area contributed by atoms with Crippen LogP contribution in [0.2, 0.25) is 0 Å². The lowest BCUT2D eigenvalue weighted by Gasteiger charge is -2.21. The van der Waals surface area contributed by atoms with Crippen molar-refractivity contribution in [1.82, 2.24) is 14.9 Å². The molecule has 0 atom stereocenters. The number of nitrogens with zero attached hydrogens (tertiary/aromatic N) is 3. The van der Waals surface area contributed by atoms with Crippen molar-refractivity contribution >= 4 is 28.6 Å². The summed E-state index contributed by atoms with van der Waals surface area (Å²) in [6, 6.07) is 14.1. The number of rotatable bonds is 6. The fourth-order valence-electron chi connectivity index (χ4n) is 2.55. The van der Waals surface area contributed by atoms with Gasteiger partial charge in [-0.25, -0.2) is 14.4 Å². The zero-order chi connectivity index (χ0) is 17.6. The highest BCUT2D eigenvalue weighted by atomic mass is 32.2. The lowest BCUT2D eigenvalue weighted by atomic mass is 10.2. The molecule has 0 aliphatic heterocycles. The second kappa shape index (κ2) is 8.07. The van der Waals surface area contributed by atoms with Gasteiger partial charge in [-0.05, 0) is 30.7 Å². The Hall–Kier alpha value is -2.47. The zero-order valence-corrected chi connectivity index (χ0v) is 14.7. The van der Waals surface area contributed by atoms with Crippen LogP contribution in [0.3, 0.4) is 0 Å². The van der Waals surface area contributed by atoms with Crippen molar-refractivity contribution in [2.45, 2.75) is 18.5 Å². The molecule has 3 rings (SSSR count). The molecule has 0 aliphatic rings. The third-order valence-corrected chi connectivity index (χ3v) is 4.83. The van der Waals surface area contributed by atoms with Crippen LogP contribution in [0.25, 0.3) is 10.9 Å². The van der Waals surface area contributed by atoms with Gasteiger partial charge < -0.3 is 4.90 Å². The summed E-state index contributed by atoms with van der Waals surface area (Å²) in [5.74, 6) is -0.00764. The summed E-state index contributed by atoms with van der Waals surface area (Å²) in [6.07, 6.45) is 1.51. The van der Waals surface area contributed by atoms with Crippen molar-refractivity contribution in [3.8, 4) is 0 Å². The third-order valence-electron chi connectivity index (χ3n) is 3.84. The van der Waals surface area contributed by atoms with Crippen molar-refractivity contribution in [3.63, 3.8) is 0 Å². The van der Waals surface area contributed by atoms with Crippen LogP contribution in [0.5, 0.6) is 0 Å². The summed E-state index contributed by atoms with van der Waals surface area (Å²) < 4.78 is 13.3. The first kappa shape index (κ1) is 17.4. The number of amides is 1. The standard InChI is InChI=1S/C19H18FN3OS/c1-2-23(11-14-6-5-7-15(20)10-14)18(24)12-25-19-16-8-3-4-9-17(16)21-13-22-19/h3-10,13H,2,11-12H2,1H3.